The molecular formula is C16H23NO2. The summed E-state index contributed by atoms with van der Waals surface area (Å²) in [6.07, 6.45) is 3.96. The highest BCUT2D eigenvalue weighted by molar-refractivity contribution is 5.91. The molecule has 1 aromatic rings. The highest BCUT2D eigenvalue weighted by Gasteiger charge is 2.26. The second-order valence-corrected chi connectivity index (χ2v) is 4.97. The number of rotatable bonds is 6. The SMILES string of the molecule is CCCC=C(c1ccccc1C)C(C(=O)O)N(C)C. The Morgan fingerprint density at radius 3 is 2.47 bits per heavy atom. The van der Waals surface area contributed by atoms with Crippen LogP contribution in [0.2, 0.25) is 0 Å². The molecule has 0 aromatic heterocycles. The fourth-order valence-corrected chi connectivity index (χ4v) is 2.20. The molecule has 3 heteroatoms. The van der Waals surface area contributed by atoms with E-state index in [0.29, 0.717) is 0 Å². The van der Waals surface area contributed by atoms with Crippen LogP contribution in [0.5, 0.6) is 0 Å². The zero-order valence-corrected chi connectivity index (χ0v) is 12.2. The summed E-state index contributed by atoms with van der Waals surface area (Å²) in [6.45, 7) is 4.11. The van der Waals surface area contributed by atoms with Crippen LogP contribution in [0, 0.1) is 6.92 Å². The lowest BCUT2D eigenvalue weighted by Gasteiger charge is -2.24. The maximum absolute atomic E-state index is 11.5. The summed E-state index contributed by atoms with van der Waals surface area (Å²) < 4.78 is 0. The molecule has 19 heavy (non-hydrogen) atoms. The fraction of sp³-hybridized carbons (Fsp3) is 0.438. The van der Waals surface area contributed by atoms with E-state index in [1.54, 1.807) is 19.0 Å². The van der Waals surface area contributed by atoms with Crippen molar-refractivity contribution in [3.05, 3.63) is 41.5 Å². The molecule has 0 aliphatic carbocycles. The minimum atomic E-state index is -0.810. The van der Waals surface area contributed by atoms with Crippen LogP contribution < -0.4 is 0 Å². The van der Waals surface area contributed by atoms with E-state index in [4.69, 9.17) is 0 Å². The summed E-state index contributed by atoms with van der Waals surface area (Å²) in [6, 6.07) is 7.34. The molecular weight excluding hydrogens is 238 g/mol. The summed E-state index contributed by atoms with van der Waals surface area (Å²) in [5.41, 5.74) is 3.02. The van der Waals surface area contributed by atoms with Crippen molar-refractivity contribution in [2.45, 2.75) is 32.7 Å². The van der Waals surface area contributed by atoms with Gasteiger partial charge in [-0.05, 0) is 44.1 Å². The standard InChI is InChI=1S/C16H23NO2/c1-5-6-10-14(15(16(18)19)17(3)4)13-11-8-7-9-12(13)2/h7-11,15H,5-6H2,1-4H3,(H,18,19). The van der Waals surface area contributed by atoms with Crippen LogP contribution >= 0.6 is 0 Å². The van der Waals surface area contributed by atoms with Gasteiger partial charge >= 0.3 is 5.97 Å². The molecule has 1 unspecified atom stereocenters. The lowest BCUT2D eigenvalue weighted by Crippen LogP contribution is -2.36. The van der Waals surface area contributed by atoms with Crippen LogP contribution in [-0.2, 0) is 4.79 Å². The van der Waals surface area contributed by atoms with Gasteiger partial charge in [0.25, 0.3) is 0 Å². The minimum Gasteiger partial charge on any atom is -0.480 e. The maximum Gasteiger partial charge on any atom is 0.325 e. The molecule has 0 amide bonds. The molecule has 0 fully saturated rings. The summed E-state index contributed by atoms with van der Waals surface area (Å²) >= 11 is 0. The second-order valence-electron chi connectivity index (χ2n) is 4.97. The van der Waals surface area contributed by atoms with Crippen molar-refractivity contribution < 1.29 is 9.90 Å². The number of allylic oxidation sites excluding steroid dienone is 1. The Kier molecular flexibility index (Phi) is 5.77. The van der Waals surface area contributed by atoms with Gasteiger partial charge in [0, 0.05) is 0 Å². The van der Waals surface area contributed by atoms with Crippen LogP contribution in [0.4, 0.5) is 0 Å². The smallest absolute Gasteiger partial charge is 0.325 e. The predicted molar refractivity (Wildman–Crippen MR) is 79.2 cm³/mol. The number of nitrogens with zero attached hydrogens (tertiary/aromatic N) is 1. The first-order valence-electron chi connectivity index (χ1n) is 6.64. The second kappa shape index (κ2) is 7.10. The molecule has 1 atom stereocenters. The van der Waals surface area contributed by atoms with Crippen molar-refractivity contribution >= 4 is 11.5 Å². The van der Waals surface area contributed by atoms with Crippen LogP contribution in [0.25, 0.3) is 5.57 Å². The minimum absolute atomic E-state index is 0.604. The van der Waals surface area contributed by atoms with Gasteiger partial charge in [-0.2, -0.15) is 0 Å². The van der Waals surface area contributed by atoms with Gasteiger partial charge < -0.3 is 5.11 Å². The molecule has 3 nitrogen and oxygen atoms in total. The van der Waals surface area contributed by atoms with Crippen molar-refractivity contribution in [3.8, 4) is 0 Å². The Morgan fingerprint density at radius 2 is 2.00 bits per heavy atom. The van der Waals surface area contributed by atoms with Gasteiger partial charge in [-0.3, -0.25) is 9.69 Å². The van der Waals surface area contributed by atoms with E-state index < -0.39 is 12.0 Å². The molecule has 0 radical (unpaired) electrons. The summed E-state index contributed by atoms with van der Waals surface area (Å²) in [7, 11) is 3.60. The normalized spacial score (nSPS) is 13.6. The number of carboxylic acid groups (broad SMARTS) is 1. The third kappa shape index (κ3) is 3.93. The molecule has 0 saturated carbocycles. The van der Waals surface area contributed by atoms with Crippen LogP contribution in [-0.4, -0.2) is 36.1 Å². The van der Waals surface area contributed by atoms with Crippen molar-refractivity contribution in [3.63, 3.8) is 0 Å². The number of aliphatic carboxylic acids is 1. The van der Waals surface area contributed by atoms with E-state index in [1.165, 1.54) is 0 Å². The van der Waals surface area contributed by atoms with Gasteiger partial charge in [-0.25, -0.2) is 0 Å². The first-order chi connectivity index (χ1) is 8.99. The number of aryl methyl sites for hydroxylation is 1. The number of benzene rings is 1. The molecule has 1 N–H and O–H groups in total. The largest absolute Gasteiger partial charge is 0.480 e. The number of carbonyl (C=O) groups is 1. The summed E-state index contributed by atoms with van der Waals surface area (Å²) in [5, 5.41) is 9.48. The van der Waals surface area contributed by atoms with Gasteiger partial charge in [0.15, 0.2) is 0 Å². The Bertz CT molecular complexity index is 464. The molecule has 0 saturated heterocycles. The van der Waals surface area contributed by atoms with Crippen LogP contribution in [0.15, 0.2) is 30.3 Å². The molecule has 0 aliphatic heterocycles. The van der Waals surface area contributed by atoms with Crippen molar-refractivity contribution in [1.29, 1.82) is 0 Å². The Hall–Kier alpha value is -1.61. The monoisotopic (exact) mass is 261 g/mol. The Morgan fingerprint density at radius 1 is 1.37 bits per heavy atom. The summed E-state index contributed by atoms with van der Waals surface area (Å²) in [5.74, 6) is -0.810. The lowest BCUT2D eigenvalue weighted by atomic mass is 9.93. The Balaban J connectivity index is 3.29. The third-order valence-electron chi connectivity index (χ3n) is 3.15. The molecule has 0 bridgehead atoms. The summed E-state index contributed by atoms with van der Waals surface area (Å²) in [4.78, 5) is 13.3. The highest BCUT2D eigenvalue weighted by Crippen LogP contribution is 2.25. The van der Waals surface area contributed by atoms with Gasteiger partial charge in [0.2, 0.25) is 0 Å². The number of hydrogen-bond donors (Lipinski definition) is 1. The van der Waals surface area contributed by atoms with Crippen molar-refractivity contribution in [1.82, 2.24) is 4.90 Å². The van der Waals surface area contributed by atoms with E-state index in [-0.39, 0.29) is 0 Å². The predicted octanol–water partition coefficient (Wildman–Crippen LogP) is 3.19. The fourth-order valence-electron chi connectivity index (χ4n) is 2.20. The third-order valence-corrected chi connectivity index (χ3v) is 3.15. The molecule has 0 spiro atoms. The quantitative estimate of drug-likeness (QED) is 0.855. The number of carboxylic acids is 1. The van der Waals surface area contributed by atoms with Gasteiger partial charge in [0.05, 0.1) is 0 Å². The molecule has 0 aliphatic rings. The molecule has 1 aromatic carbocycles. The van der Waals surface area contributed by atoms with E-state index in [0.717, 1.165) is 29.5 Å². The van der Waals surface area contributed by atoms with Crippen molar-refractivity contribution in [2.24, 2.45) is 0 Å². The molecule has 0 heterocycles. The Labute approximate surface area is 115 Å². The van der Waals surface area contributed by atoms with E-state index in [2.05, 4.69) is 13.0 Å². The van der Waals surface area contributed by atoms with Gasteiger partial charge in [0.1, 0.15) is 6.04 Å². The van der Waals surface area contributed by atoms with Gasteiger partial charge in [-0.15, -0.1) is 0 Å². The zero-order chi connectivity index (χ0) is 14.4. The average Bonchev–Trinajstić information content (AvgIpc) is 2.34. The number of unbranched alkanes of at least 4 members (excludes halogenated alkanes) is 1. The zero-order valence-electron chi connectivity index (χ0n) is 12.2. The first kappa shape index (κ1) is 15.4. The highest BCUT2D eigenvalue weighted by atomic mass is 16.4. The van der Waals surface area contributed by atoms with Crippen LogP contribution in [0.1, 0.15) is 30.9 Å². The topological polar surface area (TPSA) is 40.5 Å². The van der Waals surface area contributed by atoms with E-state index in [9.17, 15) is 9.90 Å². The first-order valence-corrected chi connectivity index (χ1v) is 6.64. The average molecular weight is 261 g/mol. The number of likely N-dealkylation sites (N-methyl/N-ethyl adjacent to an activating group) is 1. The van der Waals surface area contributed by atoms with E-state index >= 15 is 0 Å². The van der Waals surface area contributed by atoms with Crippen LogP contribution in [0.3, 0.4) is 0 Å². The van der Waals surface area contributed by atoms with E-state index in [1.807, 2.05) is 31.2 Å². The van der Waals surface area contributed by atoms with Crippen molar-refractivity contribution in [2.75, 3.05) is 14.1 Å². The molecule has 1 rings (SSSR count). The maximum atomic E-state index is 11.5. The lowest BCUT2D eigenvalue weighted by molar-refractivity contribution is -0.140. The number of hydrogen-bond acceptors (Lipinski definition) is 2. The molecule has 104 valence electrons. The van der Waals surface area contributed by atoms with Gasteiger partial charge in [-0.1, -0.05) is 43.7 Å².